The van der Waals surface area contributed by atoms with Gasteiger partial charge >= 0.3 is 0 Å². The van der Waals surface area contributed by atoms with E-state index >= 15 is 0 Å². The molecule has 3 unspecified atom stereocenters. The summed E-state index contributed by atoms with van der Waals surface area (Å²) in [4.78, 5) is 30.7. The fraction of sp³-hybridized carbons (Fsp3) is 0.405. The SMILES string of the molecule is CC1C/C=C(/C(=O)CCC2CCCC2c2cccc(F)c2)c2cc(-c3ccn4nc(NC(=O)C5CC5)nc4c3)ccc2CC1. The lowest BCUT2D eigenvalue weighted by atomic mass is 9.82. The summed E-state index contributed by atoms with van der Waals surface area (Å²) in [7, 11) is 0. The summed E-state index contributed by atoms with van der Waals surface area (Å²) in [6, 6.07) is 17.5. The number of halogens is 1. The van der Waals surface area contributed by atoms with Gasteiger partial charge < -0.3 is 0 Å². The van der Waals surface area contributed by atoms with Crippen molar-refractivity contribution in [3.8, 4) is 11.1 Å². The molecule has 0 aliphatic heterocycles. The van der Waals surface area contributed by atoms with Gasteiger partial charge in [-0.1, -0.05) is 43.7 Å². The van der Waals surface area contributed by atoms with Gasteiger partial charge in [0.25, 0.3) is 0 Å². The van der Waals surface area contributed by atoms with Gasteiger partial charge in [-0.05, 0) is 127 Å². The zero-order valence-electron chi connectivity index (χ0n) is 25.3. The molecule has 2 aromatic carbocycles. The maximum absolute atomic E-state index is 14.0. The Morgan fingerprint density at radius 2 is 1.86 bits per heavy atom. The molecule has 0 spiro atoms. The molecule has 4 aromatic rings. The van der Waals surface area contributed by atoms with Crippen LogP contribution in [0.1, 0.15) is 87.3 Å². The Labute approximate surface area is 257 Å². The first kappa shape index (κ1) is 28.6. The maximum atomic E-state index is 14.0. The summed E-state index contributed by atoms with van der Waals surface area (Å²) < 4.78 is 15.6. The number of hydrogen-bond donors (Lipinski definition) is 1. The minimum atomic E-state index is -0.186. The highest BCUT2D eigenvalue weighted by molar-refractivity contribution is 6.21. The molecule has 6 nitrogen and oxygen atoms in total. The summed E-state index contributed by atoms with van der Waals surface area (Å²) in [6.07, 6.45) is 13.4. The van der Waals surface area contributed by atoms with E-state index in [0.717, 1.165) is 85.6 Å². The molecular weight excluding hydrogens is 551 g/mol. The third kappa shape index (κ3) is 6.10. The molecule has 226 valence electrons. The van der Waals surface area contributed by atoms with Gasteiger partial charge in [0, 0.05) is 24.1 Å². The Morgan fingerprint density at radius 3 is 2.70 bits per heavy atom. The van der Waals surface area contributed by atoms with E-state index in [9.17, 15) is 14.0 Å². The standard InChI is InChI=1S/C37H39FN4O2/c1-23-8-10-25-11-14-27(28-18-19-42-35(22-28)39-37(41-42)40-36(44)26-12-13-26)21-33(25)32(16-9-23)34(43)17-15-24-4-3-7-31(24)29-5-2-6-30(38)20-29/h2,5-6,11,14,16,18-24,26,31H,3-4,7-10,12-13,15,17H2,1H3,(H,40,41,44)/b32-16+. The number of pyridine rings is 1. The number of carbonyl (C=O) groups excluding carboxylic acids is 2. The van der Waals surface area contributed by atoms with Gasteiger partial charge in [-0.3, -0.25) is 14.9 Å². The van der Waals surface area contributed by atoms with Crippen LogP contribution in [0.3, 0.4) is 0 Å². The zero-order valence-corrected chi connectivity index (χ0v) is 25.3. The number of aromatic nitrogens is 3. The van der Waals surface area contributed by atoms with E-state index in [1.807, 2.05) is 24.4 Å². The van der Waals surface area contributed by atoms with Crippen LogP contribution in [0.4, 0.5) is 10.3 Å². The second-order valence-electron chi connectivity index (χ2n) is 13.1. The molecule has 2 saturated carbocycles. The minimum Gasteiger partial charge on any atom is -0.294 e. The molecule has 3 aliphatic carbocycles. The van der Waals surface area contributed by atoms with E-state index in [0.29, 0.717) is 35.8 Å². The Kier molecular flexibility index (Phi) is 7.87. The van der Waals surface area contributed by atoms with Gasteiger partial charge in [0.15, 0.2) is 11.4 Å². The van der Waals surface area contributed by atoms with Gasteiger partial charge in [0.1, 0.15) is 5.82 Å². The van der Waals surface area contributed by atoms with Gasteiger partial charge in [-0.2, -0.15) is 4.98 Å². The maximum Gasteiger partial charge on any atom is 0.249 e. The van der Waals surface area contributed by atoms with Gasteiger partial charge in [-0.15, -0.1) is 5.10 Å². The smallest absolute Gasteiger partial charge is 0.249 e. The third-order valence-corrected chi connectivity index (χ3v) is 9.86. The van der Waals surface area contributed by atoms with Crippen LogP contribution in [-0.2, 0) is 16.0 Å². The molecule has 0 radical (unpaired) electrons. The van der Waals surface area contributed by atoms with E-state index in [2.05, 4.69) is 46.6 Å². The van der Waals surface area contributed by atoms with E-state index in [1.54, 1.807) is 16.6 Å². The summed E-state index contributed by atoms with van der Waals surface area (Å²) >= 11 is 0. The number of Topliss-reactive ketones (excluding diaryl/α,β-unsaturated/α-hetero) is 1. The average Bonchev–Trinajstić information content (AvgIpc) is 3.63. The van der Waals surface area contributed by atoms with Crippen LogP contribution in [0.25, 0.3) is 22.3 Å². The first-order chi connectivity index (χ1) is 21.4. The largest absolute Gasteiger partial charge is 0.294 e. The Hall–Kier alpha value is -4.13. The van der Waals surface area contributed by atoms with Crippen molar-refractivity contribution in [1.29, 1.82) is 0 Å². The van der Waals surface area contributed by atoms with Crippen molar-refractivity contribution in [2.45, 2.75) is 77.0 Å². The Bertz CT molecular complexity index is 1750. The molecule has 3 atom stereocenters. The van der Waals surface area contributed by atoms with Crippen LogP contribution in [0.2, 0.25) is 0 Å². The monoisotopic (exact) mass is 590 g/mol. The van der Waals surface area contributed by atoms with Crippen molar-refractivity contribution < 1.29 is 14.0 Å². The minimum absolute atomic E-state index is 0.0153. The second kappa shape index (κ2) is 12.1. The lowest BCUT2D eigenvalue weighted by Gasteiger charge is -2.22. The first-order valence-electron chi connectivity index (χ1n) is 16.2. The number of ketones is 1. The van der Waals surface area contributed by atoms with E-state index < -0.39 is 0 Å². The topological polar surface area (TPSA) is 76.4 Å². The van der Waals surface area contributed by atoms with Crippen LogP contribution in [0, 0.1) is 23.6 Å². The summed E-state index contributed by atoms with van der Waals surface area (Å²) in [5, 5.41) is 7.25. The molecule has 7 rings (SSSR count). The number of benzene rings is 2. The number of nitrogens with zero attached hydrogens (tertiary/aromatic N) is 3. The first-order valence-corrected chi connectivity index (χ1v) is 16.2. The van der Waals surface area contributed by atoms with Crippen LogP contribution in [0.5, 0.6) is 0 Å². The summed E-state index contributed by atoms with van der Waals surface area (Å²) in [5.41, 5.74) is 6.81. The van der Waals surface area contributed by atoms with Crippen LogP contribution >= 0.6 is 0 Å². The van der Waals surface area contributed by atoms with Gasteiger partial charge in [0.05, 0.1) is 0 Å². The molecule has 2 aromatic heterocycles. The molecule has 0 saturated heterocycles. The van der Waals surface area contributed by atoms with Gasteiger partial charge in [0.2, 0.25) is 11.9 Å². The number of amides is 1. The predicted molar refractivity (Wildman–Crippen MR) is 171 cm³/mol. The van der Waals surface area contributed by atoms with Crippen LogP contribution < -0.4 is 5.32 Å². The molecule has 44 heavy (non-hydrogen) atoms. The normalized spacial score (nSPS) is 23.0. The number of hydrogen-bond acceptors (Lipinski definition) is 4. The molecule has 3 aliphatic rings. The molecule has 2 fully saturated rings. The summed E-state index contributed by atoms with van der Waals surface area (Å²) in [6.45, 7) is 2.26. The molecular formula is C37H39FN4O2. The number of anilines is 1. The van der Waals surface area contributed by atoms with Crippen LogP contribution in [-0.4, -0.2) is 26.3 Å². The Balaban J connectivity index is 1.13. The number of aryl methyl sites for hydroxylation is 1. The molecule has 7 heteroatoms. The highest BCUT2D eigenvalue weighted by atomic mass is 19.1. The highest BCUT2D eigenvalue weighted by Crippen LogP contribution is 2.43. The van der Waals surface area contributed by atoms with E-state index in [-0.39, 0.29) is 23.4 Å². The number of nitrogens with one attached hydrogen (secondary N) is 1. The lowest BCUT2D eigenvalue weighted by molar-refractivity contribution is -0.117. The zero-order chi connectivity index (χ0) is 30.2. The number of carbonyl (C=O) groups is 2. The van der Waals surface area contributed by atoms with Crippen molar-refractivity contribution in [2.75, 3.05) is 5.32 Å². The second-order valence-corrected chi connectivity index (χ2v) is 13.1. The van der Waals surface area contributed by atoms with E-state index in [4.69, 9.17) is 0 Å². The molecule has 1 N–H and O–H groups in total. The number of rotatable bonds is 8. The lowest BCUT2D eigenvalue weighted by Crippen LogP contribution is -2.14. The van der Waals surface area contributed by atoms with Crippen molar-refractivity contribution in [3.63, 3.8) is 0 Å². The quantitative estimate of drug-likeness (QED) is 0.225. The fourth-order valence-electron chi connectivity index (χ4n) is 7.12. The number of allylic oxidation sites excluding steroid dienone is 2. The van der Waals surface area contributed by atoms with Crippen LogP contribution in [0.15, 0.2) is 66.9 Å². The molecule has 0 bridgehead atoms. The van der Waals surface area contributed by atoms with Gasteiger partial charge in [-0.25, -0.2) is 8.91 Å². The Morgan fingerprint density at radius 1 is 1.00 bits per heavy atom. The van der Waals surface area contributed by atoms with Crippen molar-refractivity contribution >= 4 is 28.9 Å². The highest BCUT2D eigenvalue weighted by Gasteiger charge is 2.31. The molecule has 2 heterocycles. The van der Waals surface area contributed by atoms with Crippen molar-refractivity contribution in [1.82, 2.24) is 14.6 Å². The number of fused-ring (bicyclic) bond motifs is 2. The average molecular weight is 591 g/mol. The van der Waals surface area contributed by atoms with E-state index in [1.165, 1.54) is 11.6 Å². The fourth-order valence-corrected chi connectivity index (χ4v) is 7.12. The van der Waals surface area contributed by atoms with Crippen molar-refractivity contribution in [2.24, 2.45) is 17.8 Å². The summed E-state index contributed by atoms with van der Waals surface area (Å²) in [5.74, 6) is 1.64. The predicted octanol–water partition coefficient (Wildman–Crippen LogP) is 8.17. The van der Waals surface area contributed by atoms with Crippen molar-refractivity contribution in [3.05, 3.63) is 89.4 Å². The third-order valence-electron chi connectivity index (χ3n) is 9.86. The molecule has 1 amide bonds.